The van der Waals surface area contributed by atoms with E-state index in [0.717, 1.165) is 28.8 Å². The lowest BCUT2D eigenvalue weighted by Crippen LogP contribution is -2.54. The summed E-state index contributed by atoms with van der Waals surface area (Å²) in [5, 5.41) is 10.2. The maximum absolute atomic E-state index is 14.4. The largest absolute Gasteiger partial charge is 0.444 e. The van der Waals surface area contributed by atoms with Gasteiger partial charge in [0.05, 0.1) is 16.8 Å². The van der Waals surface area contributed by atoms with Crippen molar-refractivity contribution in [3.63, 3.8) is 0 Å². The molecule has 1 amide bonds. The highest BCUT2D eigenvalue weighted by atomic mass is 16.5. The number of nitriles is 1. The number of fused-ring (bicyclic) bond motifs is 2. The van der Waals surface area contributed by atoms with Gasteiger partial charge in [-0.3, -0.25) is 9.59 Å². The van der Waals surface area contributed by atoms with Crippen LogP contribution in [0.15, 0.2) is 41.0 Å². The molecule has 3 aliphatic heterocycles. The molecule has 6 heteroatoms. The third kappa shape index (κ3) is 2.21. The summed E-state index contributed by atoms with van der Waals surface area (Å²) in [5.41, 5.74) is 8.92. The Kier molecular flexibility index (Phi) is 3.86. The van der Waals surface area contributed by atoms with E-state index in [1.807, 2.05) is 26.8 Å². The summed E-state index contributed by atoms with van der Waals surface area (Å²) in [4.78, 5) is 29.5. The highest BCUT2D eigenvalue weighted by molar-refractivity contribution is 6.22. The highest BCUT2D eigenvalue weighted by Gasteiger charge is 2.64. The summed E-state index contributed by atoms with van der Waals surface area (Å²) in [5.74, 6) is -0.0921. The third-order valence-electron chi connectivity index (χ3n) is 7.01. The molecule has 4 aliphatic rings. The van der Waals surface area contributed by atoms with E-state index in [-0.39, 0.29) is 23.1 Å². The van der Waals surface area contributed by atoms with Crippen molar-refractivity contribution in [2.24, 2.45) is 5.73 Å². The zero-order valence-corrected chi connectivity index (χ0v) is 18.3. The molecule has 31 heavy (non-hydrogen) atoms. The Morgan fingerprint density at radius 2 is 2.00 bits per heavy atom. The molecule has 0 aromatic heterocycles. The van der Waals surface area contributed by atoms with E-state index >= 15 is 0 Å². The Bertz CT molecular complexity index is 1230. The van der Waals surface area contributed by atoms with Crippen molar-refractivity contribution in [3.8, 4) is 6.07 Å². The number of allylic oxidation sites excluding steroid dienone is 2. The van der Waals surface area contributed by atoms with Crippen LogP contribution in [0.2, 0.25) is 0 Å². The zero-order chi connectivity index (χ0) is 22.3. The van der Waals surface area contributed by atoms with Gasteiger partial charge in [0.2, 0.25) is 11.8 Å². The molecule has 0 radical (unpaired) electrons. The van der Waals surface area contributed by atoms with Crippen LogP contribution in [-0.2, 0) is 26.2 Å². The van der Waals surface area contributed by atoms with Gasteiger partial charge < -0.3 is 15.4 Å². The van der Waals surface area contributed by atoms with E-state index in [4.69, 9.17) is 10.5 Å². The summed E-state index contributed by atoms with van der Waals surface area (Å²) in [6.07, 6.45) is 4.32. The van der Waals surface area contributed by atoms with Crippen molar-refractivity contribution in [2.45, 2.75) is 64.3 Å². The number of amides is 1. The standard InChI is InChI=1S/C25H25N3O3/c1-5-14-9-15-13(2)11-24(3,4)28-21(15)16(10-14)25(23(28)30)17(12-26)22(27)31-19-8-6-7-18(29)20(19)25/h9-11H,5-8,27H2,1-4H3/t25-/m1/s1. The fraction of sp³-hybridized carbons (Fsp3) is 0.400. The lowest BCUT2D eigenvalue weighted by atomic mass is 9.64. The van der Waals surface area contributed by atoms with Gasteiger partial charge >= 0.3 is 0 Å². The fourth-order valence-corrected chi connectivity index (χ4v) is 5.78. The van der Waals surface area contributed by atoms with Crippen LogP contribution in [0, 0.1) is 11.3 Å². The van der Waals surface area contributed by atoms with Crippen molar-refractivity contribution in [1.29, 1.82) is 5.26 Å². The minimum Gasteiger partial charge on any atom is -0.444 e. The molecule has 5 rings (SSSR count). The summed E-state index contributed by atoms with van der Waals surface area (Å²) >= 11 is 0. The number of aryl methyl sites for hydroxylation is 1. The molecule has 1 aliphatic carbocycles. The van der Waals surface area contributed by atoms with Crippen LogP contribution in [-0.4, -0.2) is 17.2 Å². The van der Waals surface area contributed by atoms with Gasteiger partial charge in [0.1, 0.15) is 22.8 Å². The first-order valence-electron chi connectivity index (χ1n) is 10.7. The van der Waals surface area contributed by atoms with Gasteiger partial charge in [-0.05, 0) is 50.8 Å². The van der Waals surface area contributed by atoms with Crippen LogP contribution in [0.25, 0.3) is 5.57 Å². The van der Waals surface area contributed by atoms with Gasteiger partial charge in [-0.2, -0.15) is 5.26 Å². The molecule has 1 aromatic rings. The molecule has 2 N–H and O–H groups in total. The van der Waals surface area contributed by atoms with E-state index in [2.05, 4.69) is 25.1 Å². The molecular formula is C25H25N3O3. The molecule has 0 fully saturated rings. The maximum atomic E-state index is 14.4. The molecule has 1 aromatic carbocycles. The van der Waals surface area contributed by atoms with Crippen LogP contribution < -0.4 is 10.6 Å². The number of rotatable bonds is 1. The fourth-order valence-electron chi connectivity index (χ4n) is 5.78. The molecule has 0 saturated heterocycles. The second kappa shape index (κ2) is 6.10. The van der Waals surface area contributed by atoms with Crippen molar-refractivity contribution in [2.75, 3.05) is 4.90 Å². The van der Waals surface area contributed by atoms with Crippen molar-refractivity contribution in [1.82, 2.24) is 0 Å². The van der Waals surface area contributed by atoms with E-state index in [1.54, 1.807) is 4.90 Å². The highest BCUT2D eigenvalue weighted by Crippen LogP contribution is 2.60. The number of benzene rings is 1. The average molecular weight is 415 g/mol. The van der Waals surface area contributed by atoms with Gasteiger partial charge in [0.15, 0.2) is 5.78 Å². The molecule has 1 atom stereocenters. The quantitative estimate of drug-likeness (QED) is 0.753. The first kappa shape index (κ1) is 19.6. The van der Waals surface area contributed by atoms with Crippen LogP contribution in [0.5, 0.6) is 0 Å². The van der Waals surface area contributed by atoms with Gasteiger partial charge in [-0.1, -0.05) is 19.1 Å². The summed E-state index contributed by atoms with van der Waals surface area (Å²) in [6, 6.07) is 6.24. The lowest BCUT2D eigenvalue weighted by Gasteiger charge is -2.41. The van der Waals surface area contributed by atoms with E-state index in [1.165, 1.54) is 0 Å². The maximum Gasteiger partial charge on any atom is 0.248 e. The number of ether oxygens (including phenoxy) is 1. The number of carbonyl (C=O) groups is 2. The van der Waals surface area contributed by atoms with E-state index in [0.29, 0.717) is 36.2 Å². The second-order valence-corrected chi connectivity index (χ2v) is 9.29. The van der Waals surface area contributed by atoms with Crippen molar-refractivity contribution in [3.05, 3.63) is 57.7 Å². The first-order valence-corrected chi connectivity index (χ1v) is 10.7. The van der Waals surface area contributed by atoms with Gasteiger partial charge in [-0.25, -0.2) is 0 Å². The van der Waals surface area contributed by atoms with E-state index < -0.39 is 11.0 Å². The van der Waals surface area contributed by atoms with Crippen LogP contribution in [0.3, 0.4) is 0 Å². The van der Waals surface area contributed by atoms with Crippen molar-refractivity contribution < 1.29 is 14.3 Å². The number of hydrogen-bond acceptors (Lipinski definition) is 5. The molecule has 0 unspecified atom stereocenters. The molecule has 0 bridgehead atoms. The summed E-state index contributed by atoms with van der Waals surface area (Å²) in [7, 11) is 0. The Labute approximate surface area is 181 Å². The smallest absolute Gasteiger partial charge is 0.248 e. The number of anilines is 1. The molecule has 0 saturated carbocycles. The number of Topliss-reactive ketones (excluding diaryl/α,β-unsaturated/α-hetero) is 1. The molecule has 1 spiro atoms. The number of carbonyl (C=O) groups excluding carboxylic acids is 2. The number of hydrogen-bond donors (Lipinski definition) is 1. The monoisotopic (exact) mass is 415 g/mol. The predicted octanol–water partition coefficient (Wildman–Crippen LogP) is 3.76. The average Bonchev–Trinajstić information content (AvgIpc) is 2.96. The van der Waals surface area contributed by atoms with Crippen LogP contribution in [0.4, 0.5) is 5.69 Å². The summed E-state index contributed by atoms with van der Waals surface area (Å²) in [6.45, 7) is 8.05. The van der Waals surface area contributed by atoms with Crippen molar-refractivity contribution >= 4 is 23.0 Å². The van der Waals surface area contributed by atoms with Gasteiger partial charge in [-0.15, -0.1) is 0 Å². The molecule has 158 valence electrons. The summed E-state index contributed by atoms with van der Waals surface area (Å²) < 4.78 is 5.77. The minimum atomic E-state index is -1.55. The number of ketones is 1. The van der Waals surface area contributed by atoms with Gasteiger partial charge in [0.25, 0.3) is 0 Å². The normalized spacial score (nSPS) is 25.9. The van der Waals surface area contributed by atoms with Crippen LogP contribution >= 0.6 is 0 Å². The Morgan fingerprint density at radius 3 is 2.68 bits per heavy atom. The Hall–Kier alpha value is -3.33. The SMILES string of the molecule is CCc1cc2c3c(c1)[C@@]1(C(=O)N3C(C)(C)C=C2C)C(C#N)=C(N)OC2=C1C(=O)CCC2. The van der Waals surface area contributed by atoms with E-state index in [9.17, 15) is 14.9 Å². The first-order chi connectivity index (χ1) is 14.7. The molecule has 6 nitrogen and oxygen atoms in total. The molecule has 3 heterocycles. The van der Waals surface area contributed by atoms with Crippen LogP contribution in [0.1, 0.15) is 63.6 Å². The minimum absolute atomic E-state index is 0.0183. The Balaban J connectivity index is 1.98. The predicted molar refractivity (Wildman–Crippen MR) is 117 cm³/mol. The topological polar surface area (TPSA) is 96.4 Å². The second-order valence-electron chi connectivity index (χ2n) is 9.29. The Morgan fingerprint density at radius 1 is 1.26 bits per heavy atom. The van der Waals surface area contributed by atoms with Gasteiger partial charge in [0, 0.05) is 24.0 Å². The number of nitrogens with zero attached hydrogens (tertiary/aromatic N) is 2. The zero-order valence-electron chi connectivity index (χ0n) is 18.3. The lowest BCUT2D eigenvalue weighted by molar-refractivity contribution is -0.125. The number of nitrogens with two attached hydrogens (primary N) is 1. The molecular weight excluding hydrogens is 390 g/mol. The third-order valence-corrected chi connectivity index (χ3v) is 7.01.